The second-order valence-electron chi connectivity index (χ2n) is 8.23. The average molecular weight is 386 g/mol. The number of nitrogens with one attached hydrogen (secondary N) is 1. The maximum Gasteiger partial charge on any atom is 0.526 e. The predicted molar refractivity (Wildman–Crippen MR) is 110 cm³/mol. The summed E-state index contributed by atoms with van der Waals surface area (Å²) in [4.78, 5) is 24.4. The van der Waals surface area contributed by atoms with Gasteiger partial charge in [-0.3, -0.25) is 9.59 Å². The van der Waals surface area contributed by atoms with Crippen molar-refractivity contribution in [3.63, 3.8) is 0 Å². The van der Waals surface area contributed by atoms with Crippen LogP contribution in [0.4, 0.5) is 0 Å². The molecule has 1 saturated carbocycles. The number of benzene rings is 1. The number of hydrogen-bond donors (Lipinski definition) is 3. The first-order valence-electron chi connectivity index (χ1n) is 10.4. The summed E-state index contributed by atoms with van der Waals surface area (Å²) < 4.78 is 5.64. The lowest BCUT2D eigenvalue weighted by Gasteiger charge is -2.30. The van der Waals surface area contributed by atoms with Gasteiger partial charge in [0.15, 0.2) is 5.78 Å². The van der Waals surface area contributed by atoms with Crippen molar-refractivity contribution < 1.29 is 19.3 Å². The molecule has 28 heavy (non-hydrogen) atoms. The van der Waals surface area contributed by atoms with Crippen molar-refractivity contribution >= 4 is 18.7 Å². The third-order valence-electron chi connectivity index (χ3n) is 6.03. The van der Waals surface area contributed by atoms with Crippen molar-refractivity contribution in [2.24, 2.45) is 11.7 Å². The Bertz CT molecular complexity index is 704. The molecule has 1 fully saturated rings. The fourth-order valence-corrected chi connectivity index (χ4v) is 4.49. The van der Waals surface area contributed by atoms with Gasteiger partial charge >= 0.3 is 7.12 Å². The number of hydrogen-bond acceptors (Lipinski definition) is 6. The molecule has 0 radical (unpaired) electrons. The second-order valence-corrected chi connectivity index (χ2v) is 8.23. The largest absolute Gasteiger partial charge is 0.535 e. The zero-order valence-corrected chi connectivity index (χ0v) is 16.7. The molecule has 1 aliphatic carbocycles. The van der Waals surface area contributed by atoms with Crippen LogP contribution in [0.25, 0.3) is 0 Å². The molecule has 1 aliphatic heterocycles. The van der Waals surface area contributed by atoms with Gasteiger partial charge in [0.05, 0.1) is 5.56 Å². The number of fused-ring (bicyclic) bond motifs is 1. The number of rotatable bonds is 8. The molecule has 3 rings (SSSR count). The molecule has 4 N–H and O–H groups in total. The van der Waals surface area contributed by atoms with E-state index in [4.69, 9.17) is 10.4 Å². The highest BCUT2D eigenvalue weighted by atomic mass is 16.5. The van der Waals surface area contributed by atoms with Crippen LogP contribution in [0.15, 0.2) is 18.2 Å². The number of carbonyl (C=O) groups excluding carboxylic acids is 2. The summed E-state index contributed by atoms with van der Waals surface area (Å²) in [5.41, 5.74) is 6.92. The Kier molecular flexibility index (Phi) is 7.27. The van der Waals surface area contributed by atoms with Crippen LogP contribution in [0, 0.1) is 5.92 Å². The summed E-state index contributed by atoms with van der Waals surface area (Å²) in [6, 6.07) is 5.96. The molecule has 0 saturated heterocycles. The maximum atomic E-state index is 12.6. The molecule has 6 nitrogen and oxygen atoms in total. The van der Waals surface area contributed by atoms with Gasteiger partial charge in [-0.15, -0.1) is 0 Å². The Balaban J connectivity index is 1.51. The van der Waals surface area contributed by atoms with Crippen LogP contribution in [0.2, 0.25) is 5.82 Å². The number of ketones is 2. The lowest BCUT2D eigenvalue weighted by Crippen LogP contribution is -2.37. The van der Waals surface area contributed by atoms with Crippen LogP contribution in [-0.4, -0.2) is 42.8 Å². The molecule has 0 bridgehead atoms. The maximum absolute atomic E-state index is 12.6. The van der Waals surface area contributed by atoms with Gasteiger partial charge in [-0.25, -0.2) is 0 Å². The Labute approximate surface area is 167 Å². The molecular formula is C21H31BN2O4. The minimum atomic E-state index is -1.05. The summed E-state index contributed by atoms with van der Waals surface area (Å²) in [5, 5.41) is 13.8. The van der Waals surface area contributed by atoms with Crippen LogP contribution in [0.3, 0.4) is 0 Å². The van der Waals surface area contributed by atoms with E-state index in [0.29, 0.717) is 49.1 Å². The minimum absolute atomic E-state index is 0.0878. The molecule has 0 unspecified atom stereocenters. The number of nitrogens with two attached hydrogens (primary N) is 1. The molecule has 1 heterocycles. The van der Waals surface area contributed by atoms with E-state index < -0.39 is 7.12 Å². The zero-order valence-electron chi connectivity index (χ0n) is 16.7. The third kappa shape index (κ3) is 5.22. The normalized spacial score (nSPS) is 24.4. The van der Waals surface area contributed by atoms with Crippen LogP contribution >= 0.6 is 0 Å². The van der Waals surface area contributed by atoms with Gasteiger partial charge < -0.3 is 20.7 Å². The smallest absolute Gasteiger partial charge is 0.526 e. The van der Waals surface area contributed by atoms with E-state index in [9.17, 15) is 14.6 Å². The Morgan fingerprint density at radius 2 is 2.00 bits per heavy atom. The van der Waals surface area contributed by atoms with Crippen LogP contribution < -0.4 is 15.7 Å². The highest BCUT2D eigenvalue weighted by molar-refractivity contribution is 6.47. The van der Waals surface area contributed by atoms with E-state index in [2.05, 4.69) is 5.32 Å². The third-order valence-corrected chi connectivity index (χ3v) is 6.03. The van der Waals surface area contributed by atoms with Gasteiger partial charge in [-0.05, 0) is 56.6 Å². The standard InChI is InChI=1S/C21H31BN2O4/c1-14(25)20-4-2-3-16-12-17(22(27)28-21(16)20)13-19(26)11-15-5-7-18(8-6-15)24-10-9-23/h2-4,15,17-18,24,27H,5-13,23H2,1H3/t15?,17-,18?/m0/s1. The fourth-order valence-electron chi connectivity index (χ4n) is 4.49. The Morgan fingerprint density at radius 1 is 1.25 bits per heavy atom. The summed E-state index contributed by atoms with van der Waals surface area (Å²) in [7, 11) is -1.05. The van der Waals surface area contributed by atoms with Gasteiger partial charge in [0, 0.05) is 37.8 Å². The van der Waals surface area contributed by atoms with Crippen molar-refractivity contribution in [3.8, 4) is 5.75 Å². The Morgan fingerprint density at radius 3 is 2.68 bits per heavy atom. The molecule has 152 valence electrons. The minimum Gasteiger partial charge on any atom is -0.535 e. The van der Waals surface area contributed by atoms with Crippen molar-refractivity contribution in [2.75, 3.05) is 13.1 Å². The van der Waals surface area contributed by atoms with Crippen molar-refractivity contribution in [1.82, 2.24) is 5.32 Å². The van der Waals surface area contributed by atoms with E-state index in [0.717, 1.165) is 37.8 Å². The van der Waals surface area contributed by atoms with Crippen molar-refractivity contribution in [2.45, 2.75) is 63.7 Å². The van der Waals surface area contributed by atoms with Gasteiger partial charge in [-0.2, -0.15) is 0 Å². The van der Waals surface area contributed by atoms with E-state index >= 15 is 0 Å². The predicted octanol–water partition coefficient (Wildman–Crippen LogP) is 2.13. The van der Waals surface area contributed by atoms with Crippen molar-refractivity contribution in [1.29, 1.82) is 0 Å². The van der Waals surface area contributed by atoms with Crippen molar-refractivity contribution in [3.05, 3.63) is 29.3 Å². The molecule has 2 aliphatic rings. The fraction of sp³-hybridized carbons (Fsp3) is 0.619. The number of para-hydroxylation sites is 1. The Hall–Kier alpha value is -1.70. The van der Waals surface area contributed by atoms with Gasteiger partial charge in [0.1, 0.15) is 11.5 Å². The lowest BCUT2D eigenvalue weighted by atomic mass is 9.64. The van der Waals surface area contributed by atoms with E-state index in [1.807, 2.05) is 12.1 Å². The van der Waals surface area contributed by atoms with Gasteiger partial charge in [-0.1, -0.05) is 12.1 Å². The quantitative estimate of drug-likeness (QED) is 0.467. The van der Waals surface area contributed by atoms with E-state index in [-0.39, 0.29) is 17.4 Å². The van der Waals surface area contributed by atoms with E-state index in [1.165, 1.54) is 6.92 Å². The number of Topliss-reactive ketones (excluding diaryl/α,β-unsaturated/α-hetero) is 2. The highest BCUT2D eigenvalue weighted by Gasteiger charge is 2.37. The van der Waals surface area contributed by atoms with Crippen LogP contribution in [0.1, 0.15) is 61.4 Å². The van der Waals surface area contributed by atoms with E-state index in [1.54, 1.807) is 6.07 Å². The molecule has 7 heteroatoms. The summed E-state index contributed by atoms with van der Waals surface area (Å²) in [6.07, 6.45) is 5.75. The van der Waals surface area contributed by atoms with Gasteiger partial charge in [0.2, 0.25) is 0 Å². The first kappa shape index (κ1) is 21.0. The molecule has 0 amide bonds. The summed E-state index contributed by atoms with van der Waals surface area (Å²) >= 11 is 0. The molecule has 1 atom stereocenters. The molecular weight excluding hydrogens is 355 g/mol. The number of carbonyl (C=O) groups is 2. The second kappa shape index (κ2) is 9.68. The first-order valence-corrected chi connectivity index (χ1v) is 10.4. The van der Waals surface area contributed by atoms with Crippen LogP contribution in [0.5, 0.6) is 5.75 Å². The molecule has 1 aromatic rings. The van der Waals surface area contributed by atoms with Crippen LogP contribution in [-0.2, 0) is 11.2 Å². The average Bonchev–Trinajstić information content (AvgIpc) is 2.67. The monoisotopic (exact) mass is 386 g/mol. The highest BCUT2D eigenvalue weighted by Crippen LogP contribution is 2.37. The SMILES string of the molecule is CC(=O)c1cccc2c1OB(O)[C@H](CC(=O)CC1CCC(NCCN)CC1)C2. The first-order chi connectivity index (χ1) is 13.5. The zero-order chi connectivity index (χ0) is 20.1. The van der Waals surface area contributed by atoms with Gasteiger partial charge in [0.25, 0.3) is 0 Å². The molecule has 1 aromatic carbocycles. The topological polar surface area (TPSA) is 102 Å². The summed E-state index contributed by atoms with van der Waals surface area (Å²) in [5.74, 6) is 0.744. The summed E-state index contributed by atoms with van der Waals surface area (Å²) in [6.45, 7) is 2.99. The molecule has 0 aromatic heterocycles. The molecule has 0 spiro atoms. The lowest BCUT2D eigenvalue weighted by molar-refractivity contribution is -0.120.